The molecule has 1 spiro atoms. The summed E-state index contributed by atoms with van der Waals surface area (Å²) < 4.78 is 6.44. The largest absolute Gasteiger partial charge is 0.487 e. The quantitative estimate of drug-likeness (QED) is 0.634. The Balaban J connectivity index is 1.40. The first-order chi connectivity index (χ1) is 14.0. The lowest BCUT2D eigenvalue weighted by Gasteiger charge is -2.44. The van der Waals surface area contributed by atoms with Crippen molar-refractivity contribution in [3.8, 4) is 16.9 Å². The van der Waals surface area contributed by atoms with Gasteiger partial charge in [-0.1, -0.05) is 18.2 Å². The predicted molar refractivity (Wildman–Crippen MR) is 112 cm³/mol. The Morgan fingerprint density at radius 3 is 2.59 bits per heavy atom. The molecular weight excluding hydrogens is 364 g/mol. The average molecular weight is 388 g/mol. The van der Waals surface area contributed by atoms with E-state index < -0.39 is 6.09 Å². The molecule has 1 N–H and O–H groups in total. The van der Waals surface area contributed by atoms with Crippen LogP contribution in [-0.4, -0.2) is 39.8 Å². The van der Waals surface area contributed by atoms with Crippen LogP contribution in [0.4, 0.5) is 4.79 Å². The summed E-state index contributed by atoms with van der Waals surface area (Å²) in [7, 11) is 0. The lowest BCUT2D eigenvalue weighted by Crippen LogP contribution is -2.50. The Bertz CT molecular complexity index is 1100. The topological polar surface area (TPSA) is 62.7 Å². The molecular formula is C24H24N2O3. The Morgan fingerprint density at radius 2 is 1.79 bits per heavy atom. The lowest BCUT2D eigenvalue weighted by atomic mass is 9.82. The van der Waals surface area contributed by atoms with Gasteiger partial charge in [0, 0.05) is 43.2 Å². The zero-order valence-corrected chi connectivity index (χ0v) is 16.5. The molecule has 2 aliphatic rings. The zero-order valence-electron chi connectivity index (χ0n) is 16.5. The first-order valence-corrected chi connectivity index (χ1v) is 10.2. The van der Waals surface area contributed by atoms with Crippen LogP contribution in [0.2, 0.25) is 0 Å². The van der Waals surface area contributed by atoms with Crippen molar-refractivity contribution in [1.29, 1.82) is 0 Å². The van der Waals surface area contributed by atoms with Crippen molar-refractivity contribution in [3.63, 3.8) is 0 Å². The SMILES string of the molecule is Cc1cc2cc(-c3ccc4c(c3)CCC3(CCN(C(=O)O)CC3)O4)ccc2cn1. The van der Waals surface area contributed by atoms with Crippen LogP contribution in [0.3, 0.4) is 0 Å². The lowest BCUT2D eigenvalue weighted by molar-refractivity contribution is -0.0103. The number of carboxylic acid groups (broad SMARTS) is 1. The van der Waals surface area contributed by atoms with E-state index in [0.717, 1.165) is 42.5 Å². The minimum atomic E-state index is -0.831. The number of aryl methyl sites for hydroxylation is 2. The van der Waals surface area contributed by atoms with E-state index in [4.69, 9.17) is 4.74 Å². The van der Waals surface area contributed by atoms with Crippen molar-refractivity contribution in [2.24, 2.45) is 0 Å². The van der Waals surface area contributed by atoms with Gasteiger partial charge in [-0.3, -0.25) is 4.98 Å². The molecule has 5 nitrogen and oxygen atoms in total. The minimum absolute atomic E-state index is 0.214. The summed E-state index contributed by atoms with van der Waals surface area (Å²) in [6.07, 6.45) is 4.52. The van der Waals surface area contributed by atoms with Crippen molar-refractivity contribution in [1.82, 2.24) is 9.88 Å². The molecule has 5 heteroatoms. The summed E-state index contributed by atoms with van der Waals surface area (Å²) in [6, 6.07) is 15.1. The van der Waals surface area contributed by atoms with Gasteiger partial charge in [0.1, 0.15) is 11.4 Å². The molecule has 3 heterocycles. The summed E-state index contributed by atoms with van der Waals surface area (Å²) >= 11 is 0. The Kier molecular flexibility index (Phi) is 4.19. The molecule has 0 atom stereocenters. The van der Waals surface area contributed by atoms with Gasteiger partial charge in [-0.15, -0.1) is 0 Å². The van der Waals surface area contributed by atoms with Crippen molar-refractivity contribution >= 4 is 16.9 Å². The van der Waals surface area contributed by atoms with E-state index in [0.29, 0.717) is 13.1 Å². The Morgan fingerprint density at radius 1 is 1.03 bits per heavy atom. The Hall–Kier alpha value is -3.08. The minimum Gasteiger partial charge on any atom is -0.487 e. The number of hydrogen-bond acceptors (Lipinski definition) is 3. The fraction of sp³-hybridized carbons (Fsp3) is 0.333. The van der Waals surface area contributed by atoms with Gasteiger partial charge in [-0.2, -0.15) is 0 Å². The molecule has 1 aromatic heterocycles. The molecule has 1 amide bonds. The maximum Gasteiger partial charge on any atom is 0.407 e. The number of fused-ring (bicyclic) bond motifs is 2. The number of pyridine rings is 1. The number of nitrogens with zero attached hydrogens (tertiary/aromatic N) is 2. The number of rotatable bonds is 1. The van der Waals surface area contributed by atoms with Crippen molar-refractivity contribution in [3.05, 3.63) is 59.9 Å². The molecule has 3 aromatic rings. The van der Waals surface area contributed by atoms with Gasteiger partial charge in [0.2, 0.25) is 0 Å². The first kappa shape index (κ1) is 18.0. The fourth-order valence-corrected chi connectivity index (χ4v) is 4.59. The number of hydrogen-bond donors (Lipinski definition) is 1. The highest BCUT2D eigenvalue weighted by Crippen LogP contribution is 2.41. The van der Waals surface area contributed by atoms with E-state index in [1.807, 2.05) is 13.1 Å². The van der Waals surface area contributed by atoms with E-state index >= 15 is 0 Å². The predicted octanol–water partition coefficient (Wildman–Crippen LogP) is 5.05. The molecule has 1 saturated heterocycles. The third-order valence-corrected chi connectivity index (χ3v) is 6.37. The second-order valence-electron chi connectivity index (χ2n) is 8.26. The maximum atomic E-state index is 11.2. The molecule has 29 heavy (non-hydrogen) atoms. The Labute approximate surface area is 169 Å². The van der Waals surface area contributed by atoms with Gasteiger partial charge in [0.05, 0.1) is 0 Å². The van der Waals surface area contributed by atoms with Gasteiger partial charge < -0.3 is 14.7 Å². The zero-order chi connectivity index (χ0) is 20.0. The van der Waals surface area contributed by atoms with E-state index in [9.17, 15) is 9.90 Å². The second-order valence-corrected chi connectivity index (χ2v) is 8.26. The van der Waals surface area contributed by atoms with Crippen LogP contribution in [0.5, 0.6) is 5.75 Å². The van der Waals surface area contributed by atoms with E-state index in [2.05, 4.69) is 47.4 Å². The molecule has 0 aliphatic carbocycles. The van der Waals surface area contributed by atoms with E-state index in [1.165, 1.54) is 27.0 Å². The highest BCUT2D eigenvalue weighted by molar-refractivity contribution is 5.87. The molecule has 2 aromatic carbocycles. The number of carbonyl (C=O) groups is 1. The highest BCUT2D eigenvalue weighted by atomic mass is 16.5. The number of benzene rings is 2. The van der Waals surface area contributed by atoms with Crippen LogP contribution < -0.4 is 4.74 Å². The van der Waals surface area contributed by atoms with Crippen molar-refractivity contribution in [2.45, 2.75) is 38.2 Å². The number of ether oxygens (including phenoxy) is 1. The summed E-state index contributed by atoms with van der Waals surface area (Å²) in [4.78, 5) is 17.0. The van der Waals surface area contributed by atoms with Crippen LogP contribution >= 0.6 is 0 Å². The van der Waals surface area contributed by atoms with Crippen LogP contribution in [0.25, 0.3) is 21.9 Å². The standard InChI is InChI=1S/C24H24N2O3/c1-16-12-21-14-17(2-3-20(21)15-25-16)18-4-5-22-19(13-18)6-7-24(29-22)8-10-26(11-9-24)23(27)28/h2-5,12-15H,6-11H2,1H3,(H,27,28). The van der Waals surface area contributed by atoms with E-state index in [1.54, 1.807) is 0 Å². The van der Waals surface area contributed by atoms with Crippen LogP contribution in [0, 0.1) is 6.92 Å². The number of amides is 1. The smallest absolute Gasteiger partial charge is 0.407 e. The molecule has 0 bridgehead atoms. The van der Waals surface area contributed by atoms with Gasteiger partial charge in [0.15, 0.2) is 0 Å². The van der Waals surface area contributed by atoms with Crippen molar-refractivity contribution < 1.29 is 14.6 Å². The van der Waals surface area contributed by atoms with Gasteiger partial charge in [0.25, 0.3) is 0 Å². The van der Waals surface area contributed by atoms with Crippen LogP contribution in [0.15, 0.2) is 48.7 Å². The molecule has 0 unspecified atom stereocenters. The second kappa shape index (κ2) is 6.76. The summed E-state index contributed by atoms with van der Waals surface area (Å²) in [5.41, 5.74) is 4.43. The fourth-order valence-electron chi connectivity index (χ4n) is 4.59. The maximum absolute atomic E-state index is 11.2. The highest BCUT2D eigenvalue weighted by Gasteiger charge is 2.40. The van der Waals surface area contributed by atoms with Gasteiger partial charge >= 0.3 is 6.09 Å². The number of piperidine rings is 1. The third kappa shape index (κ3) is 3.31. The van der Waals surface area contributed by atoms with E-state index in [-0.39, 0.29) is 5.60 Å². The first-order valence-electron chi connectivity index (χ1n) is 10.2. The average Bonchev–Trinajstić information content (AvgIpc) is 2.73. The molecule has 148 valence electrons. The third-order valence-electron chi connectivity index (χ3n) is 6.37. The molecule has 5 rings (SSSR count). The van der Waals surface area contributed by atoms with Crippen LogP contribution in [-0.2, 0) is 6.42 Å². The summed E-state index contributed by atoms with van der Waals surface area (Å²) in [5, 5.41) is 11.5. The monoisotopic (exact) mass is 388 g/mol. The molecule has 1 fully saturated rings. The molecule has 0 saturated carbocycles. The number of aromatic nitrogens is 1. The van der Waals surface area contributed by atoms with Gasteiger partial charge in [-0.25, -0.2) is 4.79 Å². The van der Waals surface area contributed by atoms with Gasteiger partial charge in [-0.05, 0) is 66.1 Å². The number of likely N-dealkylation sites (tertiary alicyclic amines) is 1. The summed E-state index contributed by atoms with van der Waals surface area (Å²) in [6.45, 7) is 3.11. The molecule has 2 aliphatic heterocycles. The normalized spacial score (nSPS) is 17.8. The van der Waals surface area contributed by atoms with Crippen molar-refractivity contribution in [2.75, 3.05) is 13.1 Å². The molecule has 0 radical (unpaired) electrons. The van der Waals surface area contributed by atoms with Crippen LogP contribution in [0.1, 0.15) is 30.5 Å². The summed E-state index contributed by atoms with van der Waals surface area (Å²) in [5.74, 6) is 0.949.